The van der Waals surface area contributed by atoms with Gasteiger partial charge in [-0.2, -0.15) is 0 Å². The van der Waals surface area contributed by atoms with Crippen molar-refractivity contribution in [2.75, 3.05) is 0 Å². The lowest BCUT2D eigenvalue weighted by molar-refractivity contribution is -0.429. The second kappa shape index (κ2) is 5.89. The lowest BCUT2D eigenvalue weighted by Crippen LogP contribution is -2.01. The average molecular weight is 157 g/mol. The highest BCUT2D eigenvalue weighted by Gasteiger charge is 2.12. The van der Waals surface area contributed by atoms with Gasteiger partial charge in [-0.05, 0) is 25.3 Å². The van der Waals surface area contributed by atoms with Crippen LogP contribution in [0.5, 0.6) is 0 Å². The van der Waals surface area contributed by atoms with E-state index in [4.69, 9.17) is 0 Å². The van der Waals surface area contributed by atoms with E-state index < -0.39 is 0 Å². The molecule has 0 aromatic heterocycles. The van der Waals surface area contributed by atoms with E-state index in [2.05, 4.69) is 0 Å². The van der Waals surface area contributed by atoms with E-state index in [1.165, 1.54) is 0 Å². The molecular weight excluding hydrogens is 142 g/mol. The fourth-order valence-electron chi connectivity index (χ4n) is 0.987. The van der Waals surface area contributed by atoms with Gasteiger partial charge in [0.05, 0.1) is 4.92 Å². The average Bonchev–Trinajstić information content (AvgIpc) is 2.10. The lowest BCUT2D eigenvalue weighted by atomic mass is 10.1. The molecule has 1 aliphatic rings. The first kappa shape index (κ1) is 10.1. The maximum absolute atomic E-state index is 10.1. The van der Waals surface area contributed by atoms with Crippen molar-refractivity contribution in [2.24, 2.45) is 0 Å². The van der Waals surface area contributed by atoms with Gasteiger partial charge in [-0.1, -0.05) is 13.8 Å². The minimum absolute atomic E-state index is 0.279. The van der Waals surface area contributed by atoms with Crippen LogP contribution in [-0.2, 0) is 0 Å². The number of hydrogen-bond acceptors (Lipinski definition) is 2. The maximum atomic E-state index is 10.1. The first-order valence-electron chi connectivity index (χ1n) is 4.14. The summed E-state index contributed by atoms with van der Waals surface area (Å²) in [6, 6.07) is 0. The van der Waals surface area contributed by atoms with Gasteiger partial charge in [0.15, 0.2) is 0 Å². The summed E-state index contributed by atoms with van der Waals surface area (Å²) >= 11 is 0. The molecule has 0 heterocycles. The molecule has 1 rings (SSSR count). The Balaban J connectivity index is 0.000000461. The molecule has 0 unspecified atom stereocenters. The first-order chi connectivity index (χ1) is 5.30. The number of nitro groups is 1. The summed E-state index contributed by atoms with van der Waals surface area (Å²) in [6.07, 6.45) is 5.36. The topological polar surface area (TPSA) is 43.1 Å². The predicted octanol–water partition coefficient (Wildman–Crippen LogP) is 2.75. The van der Waals surface area contributed by atoms with E-state index >= 15 is 0 Å². The second-order valence-corrected chi connectivity index (χ2v) is 2.20. The molecule has 1 aliphatic carbocycles. The normalized spacial score (nSPS) is 16.0. The van der Waals surface area contributed by atoms with Gasteiger partial charge in [-0.15, -0.1) is 0 Å². The van der Waals surface area contributed by atoms with Crippen LogP contribution < -0.4 is 0 Å². The van der Waals surface area contributed by atoms with Crippen LogP contribution in [0.4, 0.5) is 0 Å². The van der Waals surface area contributed by atoms with Crippen molar-refractivity contribution in [1.82, 2.24) is 0 Å². The van der Waals surface area contributed by atoms with Gasteiger partial charge < -0.3 is 0 Å². The fraction of sp³-hybridized carbons (Fsp3) is 0.750. The molecular formula is C8H15NO2. The molecule has 0 saturated carbocycles. The Morgan fingerprint density at radius 2 is 2.09 bits per heavy atom. The van der Waals surface area contributed by atoms with Crippen molar-refractivity contribution in [3.05, 3.63) is 21.9 Å². The van der Waals surface area contributed by atoms with Crippen molar-refractivity contribution in [3.8, 4) is 0 Å². The third kappa shape index (κ3) is 3.75. The highest BCUT2D eigenvalue weighted by Crippen LogP contribution is 2.16. The van der Waals surface area contributed by atoms with Crippen molar-refractivity contribution >= 4 is 0 Å². The summed E-state index contributed by atoms with van der Waals surface area (Å²) in [5, 5.41) is 10.1. The molecule has 0 aromatic rings. The molecule has 64 valence electrons. The minimum Gasteiger partial charge on any atom is -0.259 e. The molecule has 0 atom stereocenters. The highest BCUT2D eigenvalue weighted by atomic mass is 16.6. The third-order valence-corrected chi connectivity index (χ3v) is 1.50. The SMILES string of the molecule is CC.O=[N+]([O-])C1=CCCCC1. The van der Waals surface area contributed by atoms with Gasteiger partial charge in [0.1, 0.15) is 0 Å². The summed E-state index contributed by atoms with van der Waals surface area (Å²) in [6.45, 7) is 4.00. The standard InChI is InChI=1S/C6H9NO2.C2H6/c8-7(9)6-4-2-1-3-5-6;1-2/h4H,1-3,5H2;1-2H3. The van der Waals surface area contributed by atoms with E-state index in [1.54, 1.807) is 6.08 Å². The van der Waals surface area contributed by atoms with Crippen molar-refractivity contribution in [1.29, 1.82) is 0 Å². The van der Waals surface area contributed by atoms with Gasteiger partial charge in [-0.25, -0.2) is 0 Å². The summed E-state index contributed by atoms with van der Waals surface area (Å²) in [4.78, 5) is 9.81. The lowest BCUT2D eigenvalue weighted by Gasteiger charge is -2.02. The summed E-state index contributed by atoms with van der Waals surface area (Å²) < 4.78 is 0. The smallest absolute Gasteiger partial charge is 0.242 e. The van der Waals surface area contributed by atoms with Crippen molar-refractivity contribution < 1.29 is 4.92 Å². The number of hydrogen-bond donors (Lipinski definition) is 0. The highest BCUT2D eigenvalue weighted by molar-refractivity contribution is 4.94. The Morgan fingerprint density at radius 1 is 1.45 bits per heavy atom. The van der Waals surface area contributed by atoms with Crippen LogP contribution in [-0.4, -0.2) is 4.92 Å². The molecule has 0 amide bonds. The molecule has 0 aliphatic heterocycles. The Bertz CT molecular complexity index is 152. The first-order valence-corrected chi connectivity index (χ1v) is 4.14. The molecule has 0 aromatic carbocycles. The van der Waals surface area contributed by atoms with Crippen LogP contribution in [0.15, 0.2) is 11.8 Å². The van der Waals surface area contributed by atoms with Gasteiger partial charge in [0.2, 0.25) is 5.70 Å². The van der Waals surface area contributed by atoms with E-state index in [1.807, 2.05) is 13.8 Å². The Kier molecular flexibility index (Phi) is 5.43. The van der Waals surface area contributed by atoms with Crippen molar-refractivity contribution in [2.45, 2.75) is 39.5 Å². The maximum Gasteiger partial charge on any atom is 0.242 e. The summed E-state index contributed by atoms with van der Waals surface area (Å²) in [5.74, 6) is 0. The molecule has 0 spiro atoms. The summed E-state index contributed by atoms with van der Waals surface area (Å²) in [7, 11) is 0. The van der Waals surface area contributed by atoms with E-state index in [-0.39, 0.29) is 4.92 Å². The Hall–Kier alpha value is -0.860. The number of nitrogens with zero attached hydrogens (tertiary/aromatic N) is 1. The molecule has 0 saturated heterocycles. The van der Waals surface area contributed by atoms with Crippen LogP contribution in [0, 0.1) is 10.1 Å². The van der Waals surface area contributed by atoms with E-state index in [0.717, 1.165) is 19.3 Å². The molecule has 0 radical (unpaired) electrons. The number of allylic oxidation sites excluding steroid dienone is 2. The monoisotopic (exact) mass is 157 g/mol. The molecule has 0 bridgehead atoms. The largest absolute Gasteiger partial charge is 0.259 e. The Labute approximate surface area is 67.3 Å². The Morgan fingerprint density at radius 3 is 2.36 bits per heavy atom. The zero-order valence-corrected chi connectivity index (χ0v) is 7.17. The van der Waals surface area contributed by atoms with Gasteiger partial charge >= 0.3 is 0 Å². The van der Waals surface area contributed by atoms with Crippen LogP contribution in [0.25, 0.3) is 0 Å². The molecule has 0 fully saturated rings. The van der Waals surface area contributed by atoms with E-state index in [9.17, 15) is 10.1 Å². The van der Waals surface area contributed by atoms with Crippen molar-refractivity contribution in [3.63, 3.8) is 0 Å². The van der Waals surface area contributed by atoms with E-state index in [0.29, 0.717) is 12.1 Å². The fourth-order valence-corrected chi connectivity index (χ4v) is 0.987. The summed E-state index contributed by atoms with van der Waals surface area (Å²) in [5.41, 5.74) is 0.404. The molecule has 3 heteroatoms. The van der Waals surface area contributed by atoms with Crippen LogP contribution in [0.1, 0.15) is 39.5 Å². The minimum atomic E-state index is -0.279. The van der Waals surface area contributed by atoms with Crippen LogP contribution in [0.3, 0.4) is 0 Å². The molecule has 3 nitrogen and oxygen atoms in total. The zero-order valence-electron chi connectivity index (χ0n) is 7.17. The third-order valence-electron chi connectivity index (χ3n) is 1.50. The predicted molar refractivity (Wildman–Crippen MR) is 44.9 cm³/mol. The second-order valence-electron chi connectivity index (χ2n) is 2.20. The van der Waals surface area contributed by atoms with Crippen LogP contribution in [0.2, 0.25) is 0 Å². The number of rotatable bonds is 1. The van der Waals surface area contributed by atoms with Crippen LogP contribution >= 0.6 is 0 Å². The molecule has 0 N–H and O–H groups in total. The quantitative estimate of drug-likeness (QED) is 0.434. The molecule has 11 heavy (non-hydrogen) atoms. The van der Waals surface area contributed by atoms with Gasteiger partial charge in [-0.3, -0.25) is 10.1 Å². The zero-order chi connectivity index (χ0) is 8.69. The van der Waals surface area contributed by atoms with Gasteiger partial charge in [0, 0.05) is 6.42 Å². The van der Waals surface area contributed by atoms with Gasteiger partial charge in [0.25, 0.3) is 0 Å².